The van der Waals surface area contributed by atoms with E-state index in [0.29, 0.717) is 4.90 Å². The van der Waals surface area contributed by atoms with Crippen molar-refractivity contribution in [3.8, 4) is 0 Å². The number of hydrogen-bond donors (Lipinski definition) is 0. The van der Waals surface area contributed by atoms with Gasteiger partial charge in [-0.3, -0.25) is 0 Å². The third-order valence-corrected chi connectivity index (χ3v) is 22.5. The first kappa shape index (κ1) is 26.1. The maximum absolute atomic E-state index is 13.7. The van der Waals surface area contributed by atoms with Gasteiger partial charge in [0, 0.05) is 0 Å². The van der Waals surface area contributed by atoms with Crippen LogP contribution in [0.2, 0.25) is 13.3 Å². The number of nitrogens with zero attached hydrogens (tertiary/aromatic N) is 1. The molecule has 0 aliphatic carbocycles. The number of fused-ring (bicyclic) bond motifs is 1. The van der Waals surface area contributed by atoms with Gasteiger partial charge in [0.15, 0.2) is 0 Å². The molecule has 0 aliphatic heterocycles. The SMILES string of the molecule is CCC[CH2][Sn](/[CH]=C/c1cc2ccccc2n1S(=O)(=O)c1ccccc1)([CH2]CCC)[CH2]CCC. The molecule has 1 aromatic heterocycles. The first-order valence-electron chi connectivity index (χ1n) is 12.6. The minimum absolute atomic E-state index is 0.332. The third-order valence-electron chi connectivity index (χ3n) is 6.67. The number of hydrogen-bond acceptors (Lipinski definition) is 2. The summed E-state index contributed by atoms with van der Waals surface area (Å²) in [4.78, 5) is 0.332. The van der Waals surface area contributed by atoms with Crippen molar-refractivity contribution >= 4 is 45.4 Å². The van der Waals surface area contributed by atoms with Crippen molar-refractivity contribution in [2.75, 3.05) is 0 Å². The van der Waals surface area contributed by atoms with Crippen LogP contribution in [-0.2, 0) is 10.0 Å². The van der Waals surface area contributed by atoms with Gasteiger partial charge in [-0.1, -0.05) is 0 Å². The van der Waals surface area contributed by atoms with Crippen LogP contribution < -0.4 is 0 Å². The van der Waals surface area contributed by atoms with Crippen LogP contribution in [0, 0.1) is 0 Å². The molecule has 0 amide bonds. The van der Waals surface area contributed by atoms with Gasteiger partial charge < -0.3 is 0 Å². The number of para-hydroxylation sites is 1. The van der Waals surface area contributed by atoms with Crippen molar-refractivity contribution in [1.29, 1.82) is 0 Å². The second kappa shape index (κ2) is 12.3. The van der Waals surface area contributed by atoms with Crippen LogP contribution in [0.4, 0.5) is 0 Å². The van der Waals surface area contributed by atoms with Crippen LogP contribution in [0.3, 0.4) is 0 Å². The average Bonchev–Trinajstić information content (AvgIpc) is 3.23. The second-order valence-corrected chi connectivity index (χ2v) is 24.0. The van der Waals surface area contributed by atoms with E-state index in [9.17, 15) is 8.42 Å². The Morgan fingerprint density at radius 3 is 1.91 bits per heavy atom. The molecular weight excluding hydrogens is 533 g/mol. The van der Waals surface area contributed by atoms with E-state index in [4.69, 9.17) is 0 Å². The van der Waals surface area contributed by atoms with Gasteiger partial charge in [-0.2, -0.15) is 0 Å². The summed E-state index contributed by atoms with van der Waals surface area (Å²) in [6, 6.07) is 18.7. The molecule has 0 radical (unpaired) electrons. The zero-order valence-electron chi connectivity index (χ0n) is 20.5. The molecule has 0 saturated carbocycles. The van der Waals surface area contributed by atoms with Crippen LogP contribution in [0.5, 0.6) is 0 Å². The van der Waals surface area contributed by atoms with Gasteiger partial charge in [-0.15, -0.1) is 0 Å². The zero-order valence-corrected chi connectivity index (χ0v) is 24.1. The molecule has 3 nitrogen and oxygen atoms in total. The summed E-state index contributed by atoms with van der Waals surface area (Å²) in [6.45, 7) is 6.85. The molecule has 178 valence electrons. The van der Waals surface area contributed by atoms with Crippen molar-refractivity contribution in [1.82, 2.24) is 3.97 Å². The summed E-state index contributed by atoms with van der Waals surface area (Å²) in [5.41, 5.74) is 1.53. The molecule has 0 bridgehead atoms. The predicted octanol–water partition coefficient (Wildman–Crippen LogP) is 8.28. The molecule has 3 rings (SSSR count). The van der Waals surface area contributed by atoms with Crippen molar-refractivity contribution in [2.24, 2.45) is 0 Å². The Hall–Kier alpha value is -1.53. The van der Waals surface area contributed by atoms with Crippen molar-refractivity contribution in [3.05, 3.63) is 70.4 Å². The quantitative estimate of drug-likeness (QED) is 0.194. The Bertz CT molecular complexity index is 1130. The van der Waals surface area contributed by atoms with E-state index < -0.39 is 28.4 Å². The van der Waals surface area contributed by atoms with E-state index in [1.807, 2.05) is 36.4 Å². The van der Waals surface area contributed by atoms with Crippen molar-refractivity contribution in [2.45, 2.75) is 77.5 Å². The van der Waals surface area contributed by atoms with E-state index >= 15 is 0 Å². The van der Waals surface area contributed by atoms with Gasteiger partial charge in [0.25, 0.3) is 0 Å². The molecule has 0 atom stereocenters. The molecule has 5 heteroatoms. The maximum atomic E-state index is 13.7. The van der Waals surface area contributed by atoms with E-state index in [2.05, 4.69) is 30.9 Å². The number of aromatic nitrogens is 1. The summed E-state index contributed by atoms with van der Waals surface area (Å²) < 4.78 is 35.7. The molecule has 0 unspecified atom stereocenters. The first-order valence-corrected chi connectivity index (χ1v) is 21.7. The molecule has 0 fully saturated rings. The van der Waals surface area contributed by atoms with Crippen LogP contribution in [-0.4, -0.2) is 30.8 Å². The zero-order chi connectivity index (χ0) is 23.7. The van der Waals surface area contributed by atoms with E-state index in [-0.39, 0.29) is 0 Å². The van der Waals surface area contributed by atoms with Crippen LogP contribution >= 0.6 is 0 Å². The number of benzene rings is 2. The molecule has 0 spiro atoms. The Labute approximate surface area is 204 Å². The van der Waals surface area contributed by atoms with E-state index in [0.717, 1.165) is 16.6 Å². The van der Waals surface area contributed by atoms with Crippen molar-refractivity contribution < 1.29 is 8.42 Å². The number of unbranched alkanes of at least 4 members (excludes halogenated alkanes) is 3. The van der Waals surface area contributed by atoms with Gasteiger partial charge in [-0.05, 0) is 0 Å². The average molecular weight is 572 g/mol. The van der Waals surface area contributed by atoms with Crippen LogP contribution in [0.15, 0.2) is 69.7 Å². The summed E-state index contributed by atoms with van der Waals surface area (Å²) in [5.74, 6) is 0. The third kappa shape index (κ3) is 6.33. The van der Waals surface area contributed by atoms with Gasteiger partial charge in [0.1, 0.15) is 0 Å². The van der Waals surface area contributed by atoms with Crippen molar-refractivity contribution in [3.63, 3.8) is 0 Å². The molecule has 0 aliphatic rings. The fourth-order valence-corrected chi connectivity index (χ4v) is 20.4. The monoisotopic (exact) mass is 573 g/mol. The molecule has 1 heterocycles. The predicted molar refractivity (Wildman–Crippen MR) is 145 cm³/mol. The van der Waals surface area contributed by atoms with Crippen LogP contribution in [0.25, 0.3) is 17.0 Å². The summed E-state index contributed by atoms with van der Waals surface area (Å²) in [6.07, 6.45) is 9.74. The first-order chi connectivity index (χ1) is 16.0. The van der Waals surface area contributed by atoms with Gasteiger partial charge >= 0.3 is 206 Å². The summed E-state index contributed by atoms with van der Waals surface area (Å²) in [5, 5.41) is 0.966. The normalized spacial score (nSPS) is 12.7. The fourth-order valence-electron chi connectivity index (χ4n) is 4.71. The van der Waals surface area contributed by atoms with E-state index in [1.165, 1.54) is 51.8 Å². The molecule has 0 N–H and O–H groups in total. The molecule has 3 aromatic rings. The number of rotatable bonds is 13. The Balaban J connectivity index is 2.12. The van der Waals surface area contributed by atoms with Gasteiger partial charge in [-0.25, -0.2) is 0 Å². The molecular formula is C28H39NO2SSn. The topological polar surface area (TPSA) is 39.1 Å². The van der Waals surface area contributed by atoms with Gasteiger partial charge in [0.2, 0.25) is 0 Å². The fraction of sp³-hybridized carbons (Fsp3) is 0.429. The molecule has 2 aromatic carbocycles. The Morgan fingerprint density at radius 2 is 1.33 bits per heavy atom. The summed E-state index contributed by atoms with van der Waals surface area (Å²) in [7, 11) is -3.68. The standard InChI is InChI=1S/C16H12NO2S.3C4H9.Sn/c1-2-14-12-13-8-6-7-11-16(13)17(14)20(18,19)15-9-4-3-5-10-15;3*1-3-4-2;/h1-12H;3*1,3-4H2,2H3;. The molecule has 0 saturated heterocycles. The second-order valence-electron chi connectivity index (χ2n) is 9.22. The molecule has 33 heavy (non-hydrogen) atoms. The Morgan fingerprint density at radius 1 is 0.788 bits per heavy atom. The minimum atomic E-state index is -3.68. The van der Waals surface area contributed by atoms with E-state index in [1.54, 1.807) is 28.2 Å². The van der Waals surface area contributed by atoms with Gasteiger partial charge in [0.05, 0.1) is 0 Å². The summed E-state index contributed by atoms with van der Waals surface area (Å²) >= 11 is -2.54. The van der Waals surface area contributed by atoms with Crippen LogP contribution in [0.1, 0.15) is 65.0 Å². The Kier molecular flexibility index (Phi) is 9.68.